The van der Waals surface area contributed by atoms with Crippen LogP contribution < -0.4 is 5.73 Å². The largest absolute Gasteiger partial charge is 0.444 e. The maximum atomic E-state index is 12.3. The zero-order valence-corrected chi connectivity index (χ0v) is 10.8. The molecule has 0 aromatic heterocycles. The van der Waals surface area contributed by atoms with Crippen LogP contribution in [0.5, 0.6) is 0 Å². The van der Waals surface area contributed by atoms with Crippen molar-refractivity contribution in [2.24, 2.45) is 11.3 Å². The number of carbonyl (C=O) groups excluding carboxylic acids is 1. The summed E-state index contributed by atoms with van der Waals surface area (Å²) >= 11 is 0. The number of Topliss-reactive ketones (excluding diaryl/α,β-unsaturated/α-hetero) is 1. The lowest BCUT2D eigenvalue weighted by Crippen LogP contribution is -2.76. The summed E-state index contributed by atoms with van der Waals surface area (Å²) in [6.45, 7) is 4.30. The van der Waals surface area contributed by atoms with Gasteiger partial charge in [0.05, 0.1) is 0 Å². The number of quaternary nitrogens is 1. The van der Waals surface area contributed by atoms with Gasteiger partial charge in [0.15, 0.2) is 5.78 Å². The van der Waals surface area contributed by atoms with Gasteiger partial charge >= 0.3 is 0 Å². The van der Waals surface area contributed by atoms with Crippen molar-refractivity contribution in [3.05, 3.63) is 11.3 Å². The monoisotopic (exact) mass is 236 g/mol. The van der Waals surface area contributed by atoms with E-state index in [0.29, 0.717) is 18.1 Å². The molecule has 94 valence electrons. The normalized spacial score (nSPS) is 39.7. The SMILES string of the molecule is CC1(C)CC(=O)C2=C(C1)O[C@]1([NH3+])CCC[C@H]2C1. The summed E-state index contributed by atoms with van der Waals surface area (Å²) in [5, 5.41) is 0. The van der Waals surface area contributed by atoms with Gasteiger partial charge in [-0.05, 0) is 18.3 Å². The number of ketones is 1. The molecule has 3 aliphatic rings. The summed E-state index contributed by atoms with van der Waals surface area (Å²) < 4.78 is 6.10. The third-order valence-electron chi connectivity index (χ3n) is 4.43. The lowest BCUT2D eigenvalue weighted by Gasteiger charge is -2.45. The van der Waals surface area contributed by atoms with E-state index in [-0.39, 0.29) is 11.1 Å². The maximum absolute atomic E-state index is 12.3. The van der Waals surface area contributed by atoms with E-state index in [4.69, 9.17) is 4.74 Å². The molecule has 2 atom stereocenters. The molecule has 1 aliphatic heterocycles. The number of hydrogen-bond donors (Lipinski definition) is 1. The van der Waals surface area contributed by atoms with Crippen molar-refractivity contribution in [2.75, 3.05) is 0 Å². The second-order valence-corrected chi connectivity index (χ2v) is 6.86. The van der Waals surface area contributed by atoms with Crippen LogP contribution >= 0.6 is 0 Å². The number of ether oxygens (including phenoxy) is 1. The molecular weight excluding hydrogens is 214 g/mol. The third kappa shape index (κ3) is 1.81. The first-order valence-corrected chi connectivity index (χ1v) is 6.69. The van der Waals surface area contributed by atoms with Crippen LogP contribution in [0, 0.1) is 11.3 Å². The molecule has 0 aromatic rings. The molecule has 3 heteroatoms. The molecule has 0 radical (unpaired) electrons. The second kappa shape index (κ2) is 3.35. The highest BCUT2D eigenvalue weighted by Gasteiger charge is 2.49. The Kier molecular flexibility index (Phi) is 2.22. The average Bonchev–Trinajstić information content (AvgIpc) is 2.12. The maximum Gasteiger partial charge on any atom is 0.238 e. The first-order chi connectivity index (χ1) is 7.89. The number of fused-ring (bicyclic) bond motifs is 3. The molecule has 2 bridgehead atoms. The lowest BCUT2D eigenvalue weighted by atomic mass is 9.68. The fourth-order valence-corrected chi connectivity index (χ4v) is 3.75. The van der Waals surface area contributed by atoms with E-state index in [9.17, 15) is 4.79 Å². The summed E-state index contributed by atoms with van der Waals surface area (Å²) in [5.74, 6) is 1.72. The van der Waals surface area contributed by atoms with Gasteiger partial charge < -0.3 is 10.5 Å². The van der Waals surface area contributed by atoms with Crippen LogP contribution in [0.3, 0.4) is 0 Å². The summed E-state index contributed by atoms with van der Waals surface area (Å²) in [5.41, 5.74) is 5.08. The van der Waals surface area contributed by atoms with Gasteiger partial charge in [-0.25, -0.2) is 0 Å². The number of hydrogen-bond acceptors (Lipinski definition) is 2. The highest BCUT2D eigenvalue weighted by Crippen LogP contribution is 2.49. The Balaban J connectivity index is 2.02. The molecule has 3 nitrogen and oxygen atoms in total. The predicted octanol–water partition coefficient (Wildman–Crippen LogP) is 1.79. The Morgan fingerprint density at radius 2 is 2.12 bits per heavy atom. The standard InChI is InChI=1S/C14H21NO2/c1-13(2)7-10(16)12-9-4-3-5-14(15,6-9)17-11(12)8-13/h9H,3-8,15H2,1-2H3/p+1/t9-,14+/m0/s1. The first-order valence-electron chi connectivity index (χ1n) is 6.69. The predicted molar refractivity (Wildman–Crippen MR) is 63.7 cm³/mol. The van der Waals surface area contributed by atoms with E-state index in [1.54, 1.807) is 0 Å². The fraction of sp³-hybridized carbons (Fsp3) is 0.786. The first kappa shape index (κ1) is 11.3. The molecule has 1 heterocycles. The van der Waals surface area contributed by atoms with Crippen LogP contribution in [0.25, 0.3) is 0 Å². The summed E-state index contributed by atoms with van der Waals surface area (Å²) in [4.78, 5) is 12.3. The summed E-state index contributed by atoms with van der Waals surface area (Å²) in [7, 11) is 0. The van der Waals surface area contributed by atoms with Gasteiger partial charge in [0.25, 0.3) is 0 Å². The third-order valence-corrected chi connectivity index (χ3v) is 4.43. The Bertz CT molecular complexity index is 410. The van der Waals surface area contributed by atoms with Gasteiger partial charge in [-0.2, -0.15) is 0 Å². The highest BCUT2D eigenvalue weighted by atomic mass is 16.5. The van der Waals surface area contributed by atoms with Crippen LogP contribution in [0.2, 0.25) is 0 Å². The van der Waals surface area contributed by atoms with Crippen molar-refractivity contribution in [1.82, 2.24) is 0 Å². The van der Waals surface area contributed by atoms with Gasteiger partial charge in [0, 0.05) is 37.2 Å². The minimum absolute atomic E-state index is 0.0535. The van der Waals surface area contributed by atoms with Crippen molar-refractivity contribution < 1.29 is 15.3 Å². The van der Waals surface area contributed by atoms with E-state index in [0.717, 1.165) is 43.4 Å². The molecule has 1 fully saturated rings. The topological polar surface area (TPSA) is 53.9 Å². The number of carbonyl (C=O) groups is 1. The van der Waals surface area contributed by atoms with Gasteiger partial charge in [-0.1, -0.05) is 13.8 Å². The van der Waals surface area contributed by atoms with Crippen molar-refractivity contribution in [3.63, 3.8) is 0 Å². The van der Waals surface area contributed by atoms with Crippen LogP contribution in [-0.4, -0.2) is 11.5 Å². The molecular formula is C14H22NO2+. The molecule has 1 saturated carbocycles. The van der Waals surface area contributed by atoms with Gasteiger partial charge in [-0.3, -0.25) is 4.79 Å². The number of allylic oxidation sites excluding steroid dienone is 2. The lowest BCUT2D eigenvalue weighted by molar-refractivity contribution is -0.560. The smallest absolute Gasteiger partial charge is 0.238 e. The van der Waals surface area contributed by atoms with Crippen LogP contribution in [0.1, 0.15) is 52.4 Å². The number of rotatable bonds is 0. The van der Waals surface area contributed by atoms with Crippen molar-refractivity contribution in [1.29, 1.82) is 0 Å². The van der Waals surface area contributed by atoms with Crippen molar-refractivity contribution in [2.45, 2.75) is 58.1 Å². The minimum atomic E-state index is -0.241. The highest BCUT2D eigenvalue weighted by molar-refractivity contribution is 5.97. The molecule has 17 heavy (non-hydrogen) atoms. The minimum Gasteiger partial charge on any atom is -0.444 e. The Morgan fingerprint density at radius 3 is 2.88 bits per heavy atom. The van der Waals surface area contributed by atoms with E-state index >= 15 is 0 Å². The van der Waals surface area contributed by atoms with Gasteiger partial charge in [0.1, 0.15) is 5.76 Å². The molecule has 0 unspecified atom stereocenters. The second-order valence-electron chi connectivity index (χ2n) is 6.86. The Labute approximate surface area is 102 Å². The van der Waals surface area contributed by atoms with Gasteiger partial charge in [0.2, 0.25) is 5.72 Å². The van der Waals surface area contributed by atoms with Crippen LogP contribution in [0.15, 0.2) is 11.3 Å². The van der Waals surface area contributed by atoms with Gasteiger partial charge in [-0.15, -0.1) is 0 Å². The molecule has 0 aromatic carbocycles. The quantitative estimate of drug-likeness (QED) is 0.697. The Hall–Kier alpha value is -0.830. The molecule has 3 rings (SSSR count). The summed E-state index contributed by atoms with van der Waals surface area (Å²) in [6, 6.07) is 0. The van der Waals surface area contributed by atoms with E-state index in [2.05, 4.69) is 19.6 Å². The molecule has 0 amide bonds. The summed E-state index contributed by atoms with van der Waals surface area (Å²) in [6.07, 6.45) is 5.85. The van der Waals surface area contributed by atoms with Crippen LogP contribution in [-0.2, 0) is 9.53 Å². The fourth-order valence-electron chi connectivity index (χ4n) is 3.75. The zero-order valence-electron chi connectivity index (χ0n) is 10.8. The Morgan fingerprint density at radius 1 is 1.35 bits per heavy atom. The molecule has 0 saturated heterocycles. The van der Waals surface area contributed by atoms with E-state index < -0.39 is 0 Å². The zero-order chi connectivity index (χ0) is 12.3. The molecule has 0 spiro atoms. The van der Waals surface area contributed by atoms with Crippen LogP contribution in [0.4, 0.5) is 0 Å². The molecule has 3 N–H and O–H groups in total. The van der Waals surface area contributed by atoms with Crippen molar-refractivity contribution >= 4 is 5.78 Å². The van der Waals surface area contributed by atoms with Crippen molar-refractivity contribution in [3.8, 4) is 0 Å². The average molecular weight is 236 g/mol. The molecule has 2 aliphatic carbocycles. The van der Waals surface area contributed by atoms with E-state index in [1.807, 2.05) is 0 Å². The van der Waals surface area contributed by atoms with E-state index in [1.165, 1.54) is 0 Å².